The van der Waals surface area contributed by atoms with Crippen LogP contribution in [-0.4, -0.2) is 47.5 Å². The summed E-state index contributed by atoms with van der Waals surface area (Å²) in [5.74, 6) is 0.839. The van der Waals surface area contributed by atoms with E-state index in [1.165, 1.54) is 10.8 Å². The van der Waals surface area contributed by atoms with E-state index in [2.05, 4.69) is 120 Å². The van der Waals surface area contributed by atoms with Crippen molar-refractivity contribution in [2.45, 2.75) is 12.1 Å². The summed E-state index contributed by atoms with van der Waals surface area (Å²) < 4.78 is 14.9. The van der Waals surface area contributed by atoms with E-state index in [4.69, 9.17) is 19.1 Å². The SMILES string of the molecule is N#Cc1nc2c(nc1C#N)=CC1OC(c3ccc(N(c4ccc(-c5ccc6c(c5)c5ccccc5n6-c5ccccc5)cc4)c4ccc(-c5nc6cc7nc(C#N)c(C#N)nc7cc6o5)cc4)cc3)=NC1C=2. The predicted molar refractivity (Wildman–Crippen MR) is 271 cm³/mol. The summed E-state index contributed by atoms with van der Waals surface area (Å²) in [6.07, 6.45) is 3.17. The second kappa shape index (κ2) is 16.5. The van der Waals surface area contributed by atoms with Crippen LogP contribution in [0.3, 0.4) is 0 Å². The van der Waals surface area contributed by atoms with Gasteiger partial charge in [-0.15, -0.1) is 0 Å². The molecule has 14 nitrogen and oxygen atoms in total. The average molecular weight is 927 g/mol. The lowest BCUT2D eigenvalue weighted by atomic mass is 10.0. The van der Waals surface area contributed by atoms with Crippen LogP contribution >= 0.6 is 0 Å². The normalized spacial score (nSPS) is 14.5. The maximum absolute atomic E-state index is 9.52. The molecule has 7 aromatic carbocycles. The molecule has 0 radical (unpaired) electrons. The third-order valence-corrected chi connectivity index (χ3v) is 12.9. The lowest BCUT2D eigenvalue weighted by molar-refractivity contribution is 0.273. The van der Waals surface area contributed by atoms with Gasteiger partial charge < -0.3 is 18.6 Å². The molecule has 72 heavy (non-hydrogen) atoms. The third kappa shape index (κ3) is 6.84. The smallest absolute Gasteiger partial charge is 0.227 e. The maximum Gasteiger partial charge on any atom is 0.227 e. The average Bonchev–Trinajstić information content (AvgIpc) is 4.15. The molecule has 5 heterocycles. The first-order valence-corrected chi connectivity index (χ1v) is 22.7. The number of aromatic nitrogens is 6. The van der Waals surface area contributed by atoms with Crippen LogP contribution in [0.4, 0.5) is 17.1 Å². The molecule has 1 aliphatic carbocycles. The highest BCUT2D eigenvalue weighted by Crippen LogP contribution is 2.39. The van der Waals surface area contributed by atoms with Crippen molar-refractivity contribution in [3.63, 3.8) is 0 Å². The molecule has 11 aromatic rings. The van der Waals surface area contributed by atoms with Crippen molar-refractivity contribution in [1.29, 1.82) is 21.0 Å². The number of rotatable bonds is 7. The van der Waals surface area contributed by atoms with Crippen LogP contribution < -0.4 is 15.6 Å². The minimum absolute atomic E-state index is 0.0272. The van der Waals surface area contributed by atoms with E-state index < -0.39 is 6.10 Å². The Hall–Kier alpha value is -10.8. The molecule has 0 bridgehead atoms. The van der Waals surface area contributed by atoms with E-state index in [-0.39, 0.29) is 28.8 Å². The van der Waals surface area contributed by atoms with Crippen molar-refractivity contribution in [1.82, 2.24) is 29.5 Å². The number of hydrogen-bond acceptors (Lipinski definition) is 13. The molecule has 0 saturated carbocycles. The molecule has 4 aromatic heterocycles. The summed E-state index contributed by atoms with van der Waals surface area (Å²) in [6, 6.07) is 60.8. The Labute approximate surface area is 408 Å². The fourth-order valence-electron chi connectivity index (χ4n) is 9.55. The Bertz CT molecular complexity index is 4350. The highest BCUT2D eigenvalue weighted by Gasteiger charge is 2.31. The lowest BCUT2D eigenvalue weighted by Gasteiger charge is -2.26. The number of oxazole rings is 1. The van der Waals surface area contributed by atoms with E-state index >= 15 is 0 Å². The molecule has 0 fully saturated rings. The van der Waals surface area contributed by atoms with Gasteiger partial charge in [0.15, 0.2) is 28.4 Å². The number of nitrogens with zero attached hydrogens (tertiary/aromatic N) is 12. The Morgan fingerprint density at radius 2 is 1.03 bits per heavy atom. The number of ether oxygens (including phenoxy) is 1. The van der Waals surface area contributed by atoms with E-state index in [0.29, 0.717) is 44.6 Å². The zero-order chi connectivity index (χ0) is 48.5. The fraction of sp³-hybridized carbons (Fsp3) is 0.0345. The van der Waals surface area contributed by atoms with E-state index in [1.807, 2.05) is 85.0 Å². The number of hydrogen-bond donors (Lipinski definition) is 0. The third-order valence-electron chi connectivity index (χ3n) is 12.9. The Morgan fingerprint density at radius 3 is 1.69 bits per heavy atom. The molecular formula is C58H30N12O2. The van der Waals surface area contributed by atoms with E-state index in [1.54, 1.807) is 18.2 Å². The van der Waals surface area contributed by atoms with Crippen LogP contribution in [0, 0.1) is 45.3 Å². The Morgan fingerprint density at radius 1 is 0.472 bits per heavy atom. The van der Waals surface area contributed by atoms with Crippen LogP contribution in [0.2, 0.25) is 0 Å². The first-order chi connectivity index (χ1) is 35.4. The number of aliphatic imine (C=N–C) groups is 1. The predicted octanol–water partition coefficient (Wildman–Crippen LogP) is 9.74. The quantitative estimate of drug-likeness (QED) is 0.147. The molecule has 0 amide bonds. The van der Waals surface area contributed by atoms with Crippen molar-refractivity contribution in [2.24, 2.45) is 4.99 Å². The standard InChI is InChI=1S/C58H30N12O2/c59-29-49-51(31-61)65-45-27-55-47(25-43(45)63-49)67-57(71-55)34-12-19-39(20-13-34)69(40-21-14-35(15-22-40)58-68-48-26-44-46(28-56(48)72-58)66-52(32-62)50(30-60)64-44)38-17-10-33(11-18-38)36-16-23-54-42(24-36)41-8-4-5-9-53(41)70(54)37-6-2-1-3-7-37/h1-28,47,55H. The molecule has 14 heteroatoms. The second-order valence-corrected chi connectivity index (χ2v) is 17.1. The topological polar surface area (TPSA) is 203 Å². The Kier molecular flexibility index (Phi) is 9.47. The monoisotopic (exact) mass is 926 g/mol. The van der Waals surface area contributed by atoms with Gasteiger partial charge >= 0.3 is 0 Å². The van der Waals surface area contributed by atoms with Gasteiger partial charge in [0, 0.05) is 50.7 Å². The number of fused-ring (bicyclic) bond motifs is 7. The largest absolute Gasteiger partial charge is 0.467 e. The van der Waals surface area contributed by atoms with Gasteiger partial charge in [0.05, 0.1) is 32.8 Å². The van der Waals surface area contributed by atoms with Gasteiger partial charge in [0.25, 0.3) is 0 Å². The molecule has 334 valence electrons. The minimum atomic E-state index is -0.445. The molecule has 13 rings (SSSR count). The zero-order valence-electron chi connectivity index (χ0n) is 37.5. The molecule has 1 aliphatic heterocycles. The van der Waals surface area contributed by atoms with Crippen molar-refractivity contribution >= 4 is 79.1 Å². The van der Waals surface area contributed by atoms with Crippen LogP contribution in [0.1, 0.15) is 28.3 Å². The minimum Gasteiger partial charge on any atom is -0.467 e. The zero-order valence-corrected chi connectivity index (χ0v) is 37.5. The van der Waals surface area contributed by atoms with Crippen LogP contribution in [0.5, 0.6) is 0 Å². The summed E-state index contributed by atoms with van der Waals surface area (Å²) in [7, 11) is 0. The lowest BCUT2D eigenvalue weighted by Crippen LogP contribution is -2.41. The van der Waals surface area contributed by atoms with Crippen molar-refractivity contribution < 1.29 is 9.15 Å². The van der Waals surface area contributed by atoms with Gasteiger partial charge in [-0.05, 0) is 120 Å². The van der Waals surface area contributed by atoms with Gasteiger partial charge in [-0.1, -0.05) is 54.6 Å². The van der Waals surface area contributed by atoms with Gasteiger partial charge in [-0.25, -0.2) is 29.9 Å². The van der Waals surface area contributed by atoms with E-state index in [0.717, 1.165) is 56.0 Å². The fourth-order valence-corrected chi connectivity index (χ4v) is 9.55. The molecule has 0 saturated heterocycles. The highest BCUT2D eigenvalue weighted by molar-refractivity contribution is 6.10. The van der Waals surface area contributed by atoms with Crippen LogP contribution in [0.25, 0.3) is 84.4 Å². The van der Waals surface area contributed by atoms with Crippen molar-refractivity contribution in [3.05, 3.63) is 197 Å². The summed E-state index contributed by atoms with van der Waals surface area (Å²) >= 11 is 0. The summed E-state index contributed by atoms with van der Waals surface area (Å²) in [5, 5.41) is 41.4. The second-order valence-electron chi connectivity index (χ2n) is 17.1. The van der Waals surface area contributed by atoms with E-state index in [9.17, 15) is 21.0 Å². The number of benzene rings is 7. The molecule has 2 unspecified atom stereocenters. The number of nitriles is 4. The van der Waals surface area contributed by atoms with Crippen LogP contribution in [-0.2, 0) is 4.74 Å². The van der Waals surface area contributed by atoms with Crippen molar-refractivity contribution in [3.8, 4) is 52.5 Å². The number of para-hydroxylation sites is 2. The van der Waals surface area contributed by atoms with Crippen LogP contribution in [0.15, 0.2) is 167 Å². The van der Waals surface area contributed by atoms with Gasteiger partial charge in [0.1, 0.15) is 41.9 Å². The molecule has 2 atom stereocenters. The molecule has 2 aliphatic rings. The molecule has 0 N–H and O–H groups in total. The first-order valence-electron chi connectivity index (χ1n) is 22.7. The first kappa shape index (κ1) is 41.4. The van der Waals surface area contributed by atoms with Gasteiger partial charge in [0.2, 0.25) is 11.8 Å². The summed E-state index contributed by atoms with van der Waals surface area (Å²) in [6.45, 7) is 0. The molecular weight excluding hydrogens is 897 g/mol. The summed E-state index contributed by atoms with van der Waals surface area (Å²) in [5.41, 5.74) is 11.4. The maximum atomic E-state index is 9.52. The Balaban J connectivity index is 0.853. The van der Waals surface area contributed by atoms with Crippen molar-refractivity contribution in [2.75, 3.05) is 4.90 Å². The van der Waals surface area contributed by atoms with Gasteiger partial charge in [-0.2, -0.15) is 21.0 Å². The number of anilines is 3. The highest BCUT2D eigenvalue weighted by atomic mass is 16.5. The van der Waals surface area contributed by atoms with Gasteiger partial charge in [-0.3, -0.25) is 0 Å². The summed E-state index contributed by atoms with van der Waals surface area (Å²) in [4.78, 5) is 29.2. The molecule has 0 spiro atoms.